The van der Waals surface area contributed by atoms with Gasteiger partial charge < -0.3 is 10.2 Å². The highest BCUT2D eigenvalue weighted by atomic mass is 32.1. The molecule has 27 heavy (non-hydrogen) atoms. The first-order chi connectivity index (χ1) is 13.0. The molecular weight excluding hydrogens is 367 g/mol. The first kappa shape index (κ1) is 19.3. The molecule has 0 saturated heterocycles. The molecule has 0 spiro atoms. The van der Waals surface area contributed by atoms with Gasteiger partial charge in [-0.2, -0.15) is 0 Å². The van der Waals surface area contributed by atoms with Crippen molar-refractivity contribution in [2.45, 2.75) is 38.8 Å². The van der Waals surface area contributed by atoms with Crippen molar-refractivity contribution in [3.05, 3.63) is 46.7 Å². The normalized spacial score (nSPS) is 14.1. The summed E-state index contributed by atoms with van der Waals surface area (Å²) in [6.07, 6.45) is 4.19. The average molecular weight is 390 g/mol. The van der Waals surface area contributed by atoms with Gasteiger partial charge in [-0.15, -0.1) is 11.3 Å². The van der Waals surface area contributed by atoms with E-state index in [1.165, 1.54) is 23.5 Å². The Kier molecular flexibility index (Phi) is 6.39. The molecule has 1 saturated carbocycles. The van der Waals surface area contributed by atoms with Gasteiger partial charge in [0.25, 0.3) is 0 Å². The molecule has 1 heterocycles. The molecule has 0 radical (unpaired) electrons. The highest BCUT2D eigenvalue weighted by Crippen LogP contribution is 2.27. The van der Waals surface area contributed by atoms with Crippen LogP contribution in [0.15, 0.2) is 29.6 Å². The number of aromatic nitrogens is 1. The van der Waals surface area contributed by atoms with Gasteiger partial charge >= 0.3 is 6.03 Å². The van der Waals surface area contributed by atoms with Crippen molar-refractivity contribution in [2.24, 2.45) is 5.92 Å². The van der Waals surface area contributed by atoms with Crippen molar-refractivity contribution >= 4 is 28.4 Å². The fourth-order valence-corrected chi connectivity index (χ4v) is 3.91. The Labute approximate surface area is 161 Å². The number of urea groups is 1. The van der Waals surface area contributed by atoms with Gasteiger partial charge in [-0.3, -0.25) is 10.1 Å². The second-order valence-corrected chi connectivity index (χ2v) is 7.62. The largest absolute Gasteiger partial charge is 0.340 e. The van der Waals surface area contributed by atoms with E-state index in [0.29, 0.717) is 17.2 Å². The lowest BCUT2D eigenvalue weighted by Gasteiger charge is -2.19. The summed E-state index contributed by atoms with van der Waals surface area (Å²) in [5.74, 6) is -0.0294. The van der Waals surface area contributed by atoms with Crippen LogP contribution in [0.4, 0.5) is 14.3 Å². The lowest BCUT2D eigenvalue weighted by molar-refractivity contribution is -0.134. The highest BCUT2D eigenvalue weighted by Gasteiger charge is 2.25. The van der Waals surface area contributed by atoms with Crippen LogP contribution in [0.1, 0.15) is 36.9 Å². The van der Waals surface area contributed by atoms with Crippen LogP contribution < -0.4 is 10.6 Å². The first-order valence-electron chi connectivity index (χ1n) is 9.00. The van der Waals surface area contributed by atoms with Gasteiger partial charge in [0.2, 0.25) is 5.91 Å². The maximum absolute atomic E-state index is 13.1. The van der Waals surface area contributed by atoms with E-state index in [9.17, 15) is 14.0 Å². The third-order valence-electron chi connectivity index (χ3n) is 4.59. The summed E-state index contributed by atoms with van der Waals surface area (Å²) >= 11 is 1.31. The van der Waals surface area contributed by atoms with E-state index in [1.54, 1.807) is 24.1 Å². The number of carbonyl (C=O) groups is 2. The third kappa shape index (κ3) is 5.50. The lowest BCUT2D eigenvalue weighted by Crippen LogP contribution is -2.31. The van der Waals surface area contributed by atoms with Gasteiger partial charge in [-0.05, 0) is 30.5 Å². The van der Waals surface area contributed by atoms with Crippen molar-refractivity contribution in [3.63, 3.8) is 0 Å². The predicted octanol–water partition coefficient (Wildman–Crippen LogP) is 3.75. The topological polar surface area (TPSA) is 74.3 Å². The van der Waals surface area contributed by atoms with Gasteiger partial charge in [-0.25, -0.2) is 14.2 Å². The molecule has 1 aliphatic carbocycles. The second kappa shape index (κ2) is 8.94. The molecule has 6 nitrogen and oxygen atoms in total. The number of carbonyl (C=O) groups excluding carboxylic acids is 2. The summed E-state index contributed by atoms with van der Waals surface area (Å²) in [5.41, 5.74) is 1.42. The van der Waals surface area contributed by atoms with Gasteiger partial charge in [0.1, 0.15) is 5.82 Å². The number of halogens is 1. The molecule has 144 valence electrons. The minimum absolute atomic E-state index is 0.139. The summed E-state index contributed by atoms with van der Waals surface area (Å²) in [6.45, 7) is 0.652. The fraction of sp³-hybridized carbons (Fsp3) is 0.421. The minimum Gasteiger partial charge on any atom is -0.340 e. The summed E-state index contributed by atoms with van der Waals surface area (Å²) in [4.78, 5) is 30.4. The van der Waals surface area contributed by atoms with E-state index >= 15 is 0 Å². The molecule has 2 aromatic rings. The Morgan fingerprint density at radius 2 is 2.11 bits per heavy atom. The zero-order valence-electron chi connectivity index (χ0n) is 15.2. The number of nitrogens with zero attached hydrogens (tertiary/aromatic N) is 2. The third-order valence-corrected chi connectivity index (χ3v) is 5.40. The minimum atomic E-state index is -0.407. The van der Waals surface area contributed by atoms with Gasteiger partial charge in [-0.1, -0.05) is 25.0 Å². The molecule has 0 aliphatic heterocycles. The van der Waals surface area contributed by atoms with Crippen molar-refractivity contribution in [2.75, 3.05) is 12.4 Å². The summed E-state index contributed by atoms with van der Waals surface area (Å²) in [5, 5.41) is 7.63. The Bertz CT molecular complexity index is 805. The van der Waals surface area contributed by atoms with E-state index in [1.807, 2.05) is 5.38 Å². The number of hydrogen-bond acceptors (Lipinski definition) is 4. The molecular formula is C19H23FN4O2S. The number of benzene rings is 1. The molecule has 1 aliphatic rings. The number of thiazole rings is 1. The molecule has 0 bridgehead atoms. The number of rotatable bonds is 6. The van der Waals surface area contributed by atoms with E-state index < -0.39 is 6.03 Å². The molecule has 2 N–H and O–H groups in total. The van der Waals surface area contributed by atoms with Crippen LogP contribution >= 0.6 is 11.3 Å². The maximum Gasteiger partial charge on any atom is 0.321 e. The predicted molar refractivity (Wildman–Crippen MR) is 103 cm³/mol. The fourth-order valence-electron chi connectivity index (χ4n) is 3.21. The number of hydrogen-bond donors (Lipinski definition) is 2. The lowest BCUT2D eigenvalue weighted by atomic mass is 10.1. The molecule has 8 heteroatoms. The van der Waals surface area contributed by atoms with Crippen LogP contribution in [0.2, 0.25) is 0 Å². The van der Waals surface area contributed by atoms with E-state index in [4.69, 9.17) is 0 Å². The van der Waals surface area contributed by atoms with Crippen LogP contribution in [0.5, 0.6) is 0 Å². The van der Waals surface area contributed by atoms with Gasteiger partial charge in [0.15, 0.2) is 5.13 Å². The van der Waals surface area contributed by atoms with E-state index in [2.05, 4.69) is 15.6 Å². The Balaban J connectivity index is 1.47. The van der Waals surface area contributed by atoms with E-state index in [0.717, 1.165) is 31.4 Å². The van der Waals surface area contributed by atoms with Crippen LogP contribution in [0, 0.1) is 11.7 Å². The van der Waals surface area contributed by atoms with Crippen LogP contribution in [-0.4, -0.2) is 28.9 Å². The monoisotopic (exact) mass is 390 g/mol. The average Bonchev–Trinajstić information content (AvgIpc) is 3.31. The summed E-state index contributed by atoms with van der Waals surface area (Å²) in [7, 11) is 1.79. The summed E-state index contributed by atoms with van der Waals surface area (Å²) in [6, 6.07) is 5.66. The molecule has 0 atom stereocenters. The van der Waals surface area contributed by atoms with Gasteiger partial charge in [0, 0.05) is 24.9 Å². The maximum atomic E-state index is 13.1. The standard InChI is InChI=1S/C19H23FN4O2S/c1-24(17(25)14-6-2-3-7-14)11-16-12-27-19(22-16)23-18(26)21-10-13-5-4-8-15(20)9-13/h4-5,8-9,12,14H,2-3,6-7,10-11H2,1H3,(H2,21,22,23,26). The molecule has 0 unspecified atom stereocenters. The quantitative estimate of drug-likeness (QED) is 0.789. The van der Waals surface area contributed by atoms with Crippen molar-refractivity contribution in [3.8, 4) is 0 Å². The first-order valence-corrected chi connectivity index (χ1v) is 9.88. The van der Waals surface area contributed by atoms with Crippen molar-refractivity contribution in [1.82, 2.24) is 15.2 Å². The number of anilines is 1. The molecule has 1 fully saturated rings. The Hall–Kier alpha value is -2.48. The zero-order chi connectivity index (χ0) is 19.2. The summed E-state index contributed by atoms with van der Waals surface area (Å²) < 4.78 is 13.1. The second-order valence-electron chi connectivity index (χ2n) is 6.76. The van der Waals surface area contributed by atoms with Crippen LogP contribution in [-0.2, 0) is 17.9 Å². The Morgan fingerprint density at radius 1 is 1.33 bits per heavy atom. The molecule has 1 aromatic heterocycles. The molecule has 1 aromatic carbocycles. The smallest absolute Gasteiger partial charge is 0.321 e. The zero-order valence-corrected chi connectivity index (χ0v) is 16.0. The Morgan fingerprint density at radius 3 is 2.85 bits per heavy atom. The van der Waals surface area contributed by atoms with Crippen molar-refractivity contribution in [1.29, 1.82) is 0 Å². The highest BCUT2D eigenvalue weighted by molar-refractivity contribution is 7.13. The number of nitrogens with one attached hydrogen (secondary N) is 2. The molecule has 3 amide bonds. The van der Waals surface area contributed by atoms with Crippen molar-refractivity contribution < 1.29 is 14.0 Å². The number of amides is 3. The molecule has 3 rings (SSSR count). The van der Waals surface area contributed by atoms with E-state index in [-0.39, 0.29) is 24.2 Å². The van der Waals surface area contributed by atoms with Crippen LogP contribution in [0.25, 0.3) is 0 Å². The SMILES string of the molecule is CN(Cc1csc(NC(=O)NCc2cccc(F)c2)n1)C(=O)C1CCCC1. The van der Waals surface area contributed by atoms with Gasteiger partial charge in [0.05, 0.1) is 12.2 Å². The van der Waals surface area contributed by atoms with Crippen LogP contribution in [0.3, 0.4) is 0 Å².